The summed E-state index contributed by atoms with van der Waals surface area (Å²) in [6.45, 7) is 0.946. The molecule has 2 atom stereocenters. The normalized spacial score (nSPS) is 40.5. The van der Waals surface area contributed by atoms with Crippen LogP contribution < -0.4 is 5.73 Å². The van der Waals surface area contributed by atoms with Crippen molar-refractivity contribution in [2.75, 3.05) is 6.54 Å². The molecule has 0 radical (unpaired) electrons. The Morgan fingerprint density at radius 1 is 1.20 bits per heavy atom. The van der Waals surface area contributed by atoms with Gasteiger partial charge in [-0.15, -0.1) is 0 Å². The Morgan fingerprint density at radius 3 is 2.40 bits per heavy atom. The standard InChI is InChI=1S/C9H17N/c10-6-8-5-9(8)7-3-1-2-4-7/h7-9H,1-6,10H2. The molecular formula is C9H17N. The number of nitrogens with two attached hydrogens (primary N) is 1. The lowest BCUT2D eigenvalue weighted by molar-refractivity contribution is 0.450. The number of hydrogen-bond donors (Lipinski definition) is 1. The fourth-order valence-electron chi connectivity index (χ4n) is 2.50. The molecule has 10 heavy (non-hydrogen) atoms. The lowest BCUT2D eigenvalue weighted by Crippen LogP contribution is -2.06. The molecule has 2 rings (SSSR count). The van der Waals surface area contributed by atoms with E-state index >= 15 is 0 Å². The molecule has 2 fully saturated rings. The van der Waals surface area contributed by atoms with Crippen LogP contribution in [0.4, 0.5) is 0 Å². The second-order valence-electron chi connectivity index (χ2n) is 3.94. The Hall–Kier alpha value is -0.0400. The lowest BCUT2D eigenvalue weighted by atomic mass is 10.0. The van der Waals surface area contributed by atoms with E-state index in [0.717, 1.165) is 24.3 Å². The van der Waals surface area contributed by atoms with E-state index in [-0.39, 0.29) is 0 Å². The fraction of sp³-hybridized carbons (Fsp3) is 1.00. The van der Waals surface area contributed by atoms with Crippen molar-refractivity contribution < 1.29 is 0 Å². The summed E-state index contributed by atoms with van der Waals surface area (Å²) in [5, 5.41) is 0. The van der Waals surface area contributed by atoms with Gasteiger partial charge in [-0.1, -0.05) is 25.7 Å². The van der Waals surface area contributed by atoms with Gasteiger partial charge in [-0.2, -0.15) is 0 Å². The van der Waals surface area contributed by atoms with Crippen LogP contribution in [0, 0.1) is 17.8 Å². The fourth-order valence-corrected chi connectivity index (χ4v) is 2.50. The van der Waals surface area contributed by atoms with Crippen molar-refractivity contribution >= 4 is 0 Å². The molecular weight excluding hydrogens is 122 g/mol. The molecule has 0 bridgehead atoms. The second kappa shape index (κ2) is 2.54. The summed E-state index contributed by atoms with van der Waals surface area (Å²) < 4.78 is 0. The van der Waals surface area contributed by atoms with Gasteiger partial charge in [0, 0.05) is 0 Å². The number of hydrogen-bond acceptors (Lipinski definition) is 1. The van der Waals surface area contributed by atoms with Crippen molar-refractivity contribution in [1.82, 2.24) is 0 Å². The molecule has 0 spiro atoms. The highest BCUT2D eigenvalue weighted by Crippen LogP contribution is 2.49. The molecule has 1 nitrogen and oxygen atoms in total. The maximum Gasteiger partial charge on any atom is -0.00460 e. The van der Waals surface area contributed by atoms with Crippen LogP contribution in [-0.2, 0) is 0 Å². The molecule has 58 valence electrons. The smallest absolute Gasteiger partial charge is 0.00460 e. The minimum absolute atomic E-state index is 0.920. The van der Waals surface area contributed by atoms with Crippen LogP contribution in [0.2, 0.25) is 0 Å². The van der Waals surface area contributed by atoms with Gasteiger partial charge in [-0.05, 0) is 30.7 Å². The third kappa shape index (κ3) is 1.07. The van der Waals surface area contributed by atoms with Gasteiger partial charge < -0.3 is 5.73 Å². The molecule has 2 N–H and O–H groups in total. The minimum atomic E-state index is 0.920. The average Bonchev–Trinajstić information content (AvgIpc) is 2.56. The van der Waals surface area contributed by atoms with E-state index in [0.29, 0.717) is 0 Å². The first-order chi connectivity index (χ1) is 4.92. The van der Waals surface area contributed by atoms with Crippen LogP contribution in [0.3, 0.4) is 0 Å². The van der Waals surface area contributed by atoms with Crippen LogP contribution in [-0.4, -0.2) is 6.54 Å². The van der Waals surface area contributed by atoms with Crippen LogP contribution >= 0.6 is 0 Å². The molecule has 0 aromatic carbocycles. The highest BCUT2D eigenvalue weighted by molar-refractivity contribution is 4.93. The molecule has 0 heterocycles. The van der Waals surface area contributed by atoms with Gasteiger partial charge in [0.2, 0.25) is 0 Å². The van der Waals surface area contributed by atoms with E-state index in [4.69, 9.17) is 5.73 Å². The first kappa shape index (κ1) is 6.66. The van der Waals surface area contributed by atoms with Crippen molar-refractivity contribution in [2.24, 2.45) is 23.5 Å². The zero-order valence-electron chi connectivity index (χ0n) is 6.55. The zero-order chi connectivity index (χ0) is 6.97. The van der Waals surface area contributed by atoms with Gasteiger partial charge in [0.15, 0.2) is 0 Å². The summed E-state index contributed by atoms with van der Waals surface area (Å²) in [7, 11) is 0. The average molecular weight is 139 g/mol. The van der Waals surface area contributed by atoms with Gasteiger partial charge in [0.1, 0.15) is 0 Å². The predicted octanol–water partition coefficient (Wildman–Crippen LogP) is 1.77. The highest BCUT2D eigenvalue weighted by Gasteiger charge is 2.42. The van der Waals surface area contributed by atoms with E-state index in [2.05, 4.69) is 0 Å². The maximum absolute atomic E-state index is 5.59. The number of rotatable bonds is 2. The molecule has 0 aromatic rings. The Kier molecular flexibility index (Phi) is 1.69. The van der Waals surface area contributed by atoms with Crippen molar-refractivity contribution in [3.8, 4) is 0 Å². The summed E-state index contributed by atoms with van der Waals surface area (Å²) in [5.74, 6) is 3.05. The first-order valence-corrected chi connectivity index (χ1v) is 4.62. The second-order valence-corrected chi connectivity index (χ2v) is 3.94. The van der Waals surface area contributed by atoms with Gasteiger partial charge in [-0.3, -0.25) is 0 Å². The van der Waals surface area contributed by atoms with Crippen LogP contribution in [0.25, 0.3) is 0 Å². The maximum atomic E-state index is 5.59. The Morgan fingerprint density at radius 2 is 1.90 bits per heavy atom. The minimum Gasteiger partial charge on any atom is -0.330 e. The monoisotopic (exact) mass is 139 g/mol. The zero-order valence-corrected chi connectivity index (χ0v) is 6.55. The Balaban J connectivity index is 1.79. The Bertz CT molecular complexity index is 116. The predicted molar refractivity (Wildman–Crippen MR) is 42.6 cm³/mol. The van der Waals surface area contributed by atoms with Crippen LogP contribution in [0.1, 0.15) is 32.1 Å². The molecule has 2 saturated carbocycles. The quantitative estimate of drug-likeness (QED) is 0.620. The summed E-state index contributed by atoms with van der Waals surface area (Å²) >= 11 is 0. The summed E-state index contributed by atoms with van der Waals surface area (Å²) in [4.78, 5) is 0. The van der Waals surface area contributed by atoms with Crippen molar-refractivity contribution in [2.45, 2.75) is 32.1 Å². The molecule has 2 aliphatic rings. The molecule has 0 amide bonds. The van der Waals surface area contributed by atoms with Gasteiger partial charge >= 0.3 is 0 Å². The van der Waals surface area contributed by atoms with Gasteiger partial charge in [0.25, 0.3) is 0 Å². The van der Waals surface area contributed by atoms with Gasteiger partial charge in [0.05, 0.1) is 0 Å². The summed E-state index contributed by atoms with van der Waals surface area (Å²) in [6.07, 6.45) is 7.42. The van der Waals surface area contributed by atoms with Crippen molar-refractivity contribution in [3.63, 3.8) is 0 Å². The molecule has 1 heteroatoms. The van der Waals surface area contributed by atoms with E-state index < -0.39 is 0 Å². The molecule has 2 unspecified atom stereocenters. The van der Waals surface area contributed by atoms with E-state index in [1.807, 2.05) is 0 Å². The largest absolute Gasteiger partial charge is 0.330 e. The topological polar surface area (TPSA) is 26.0 Å². The lowest BCUT2D eigenvalue weighted by Gasteiger charge is -2.05. The van der Waals surface area contributed by atoms with Crippen molar-refractivity contribution in [1.29, 1.82) is 0 Å². The van der Waals surface area contributed by atoms with Gasteiger partial charge in [-0.25, -0.2) is 0 Å². The molecule has 0 aromatic heterocycles. The third-order valence-corrected chi connectivity index (χ3v) is 3.29. The van der Waals surface area contributed by atoms with Crippen LogP contribution in [0.5, 0.6) is 0 Å². The SMILES string of the molecule is NCC1CC1C1CCCC1. The van der Waals surface area contributed by atoms with Crippen molar-refractivity contribution in [3.05, 3.63) is 0 Å². The van der Waals surface area contributed by atoms with E-state index in [9.17, 15) is 0 Å². The third-order valence-electron chi connectivity index (χ3n) is 3.29. The highest BCUT2D eigenvalue weighted by atomic mass is 14.6. The Labute approximate surface area is 63.0 Å². The first-order valence-electron chi connectivity index (χ1n) is 4.62. The van der Waals surface area contributed by atoms with E-state index in [1.165, 1.54) is 32.1 Å². The molecule has 0 aliphatic heterocycles. The molecule has 0 saturated heterocycles. The molecule has 2 aliphatic carbocycles. The summed E-state index contributed by atoms with van der Waals surface area (Å²) in [5.41, 5.74) is 5.59. The summed E-state index contributed by atoms with van der Waals surface area (Å²) in [6, 6.07) is 0. The van der Waals surface area contributed by atoms with Crippen LogP contribution in [0.15, 0.2) is 0 Å². The van der Waals surface area contributed by atoms with E-state index in [1.54, 1.807) is 0 Å².